The maximum Gasteiger partial charge on any atom is 0.307 e. The smallest absolute Gasteiger partial charge is 0.307 e. The summed E-state index contributed by atoms with van der Waals surface area (Å²) in [5, 5.41) is 30.3. The van der Waals surface area contributed by atoms with Gasteiger partial charge in [-0.3, -0.25) is 9.59 Å². The number of hydrogen-bond acceptors (Lipinski definition) is 5. The second-order valence-corrected chi connectivity index (χ2v) is 13.6. The predicted octanol–water partition coefficient (Wildman–Crippen LogP) is 2.07. The Bertz CT molecular complexity index is 1120. The fourth-order valence-electron chi connectivity index (χ4n) is 11.8. The normalized spacial score (nSPS) is 46.5. The van der Waals surface area contributed by atoms with Crippen molar-refractivity contribution in [2.24, 2.45) is 70.0 Å². The quantitative estimate of drug-likeness (QED) is 0.296. The largest absolute Gasteiger partial charge is 0.481 e. The van der Waals surface area contributed by atoms with Crippen LogP contribution < -0.4 is 16.0 Å². The Balaban J connectivity index is 0.899. The summed E-state index contributed by atoms with van der Waals surface area (Å²) < 4.78 is 0. The Morgan fingerprint density at radius 2 is 1.54 bits per heavy atom. The molecule has 7 nitrogen and oxygen atoms in total. The molecular weight excluding hydrogens is 466 g/mol. The van der Waals surface area contributed by atoms with Crippen LogP contribution in [0, 0.1) is 70.0 Å². The molecule has 7 heteroatoms. The third-order valence-electron chi connectivity index (χ3n) is 12.7. The van der Waals surface area contributed by atoms with E-state index in [1.165, 1.54) is 5.56 Å². The number of rotatable bonds is 12. The van der Waals surface area contributed by atoms with Crippen molar-refractivity contribution in [3.63, 3.8) is 0 Å². The number of carbonyl (C=O) groups is 2. The highest BCUT2D eigenvalue weighted by Gasteiger charge is 3.09. The molecule has 0 amide bonds. The Labute approximate surface area is 218 Å². The summed E-state index contributed by atoms with van der Waals surface area (Å²) in [6.07, 6.45) is 3.48. The predicted molar refractivity (Wildman–Crippen MR) is 136 cm³/mol. The van der Waals surface area contributed by atoms with Crippen molar-refractivity contribution in [2.75, 3.05) is 32.7 Å². The molecule has 0 bridgehead atoms. The van der Waals surface area contributed by atoms with Crippen LogP contribution in [0.5, 0.6) is 0 Å². The lowest BCUT2D eigenvalue weighted by molar-refractivity contribution is -0.659. The van der Waals surface area contributed by atoms with Crippen LogP contribution in [0.3, 0.4) is 0 Å². The Morgan fingerprint density at radius 1 is 0.919 bits per heavy atom. The molecule has 5 N–H and O–H groups in total. The lowest BCUT2D eigenvalue weighted by Crippen LogP contribution is -3.10. The average Bonchev–Trinajstić information content (AvgIpc) is 3.61. The molecule has 9 rings (SSSR count). The number of aliphatic carboxylic acids is 2. The summed E-state index contributed by atoms with van der Waals surface area (Å²) in [5.74, 6) is 3.94. The zero-order chi connectivity index (χ0) is 25.1. The molecule has 4 unspecified atom stereocenters. The van der Waals surface area contributed by atoms with Gasteiger partial charge in [-0.15, -0.1) is 0 Å². The van der Waals surface area contributed by atoms with E-state index in [4.69, 9.17) is 0 Å². The number of hydrogen-bond donors (Lipinski definition) is 5. The van der Waals surface area contributed by atoms with Crippen molar-refractivity contribution in [3.8, 4) is 0 Å². The van der Waals surface area contributed by atoms with Crippen LogP contribution in [-0.4, -0.2) is 54.9 Å². The molecule has 8 fully saturated rings. The van der Waals surface area contributed by atoms with Crippen LogP contribution in [0.1, 0.15) is 30.4 Å². The fraction of sp³-hybridized carbons (Fsp3) is 0.733. The highest BCUT2D eigenvalue weighted by atomic mass is 16.4. The van der Waals surface area contributed by atoms with E-state index in [-0.39, 0.29) is 17.8 Å². The van der Waals surface area contributed by atoms with Gasteiger partial charge in [-0.2, -0.15) is 0 Å². The van der Waals surface area contributed by atoms with Gasteiger partial charge in [-0.05, 0) is 121 Å². The first-order valence-corrected chi connectivity index (χ1v) is 14.6. The minimum atomic E-state index is -0.680. The molecule has 2 heterocycles. The van der Waals surface area contributed by atoms with Crippen molar-refractivity contribution in [1.82, 2.24) is 16.0 Å². The van der Waals surface area contributed by atoms with Crippen molar-refractivity contribution in [1.29, 1.82) is 0 Å². The fourth-order valence-corrected chi connectivity index (χ4v) is 11.8. The maximum absolute atomic E-state index is 12.2. The number of carboxylic acids is 2. The van der Waals surface area contributed by atoms with Crippen molar-refractivity contribution < 1.29 is 19.8 Å². The molecule has 198 valence electrons. The van der Waals surface area contributed by atoms with Gasteiger partial charge in [0, 0.05) is 13.1 Å². The molecule has 6 saturated carbocycles. The van der Waals surface area contributed by atoms with E-state index in [1.807, 2.05) is 0 Å². The van der Waals surface area contributed by atoms with Gasteiger partial charge in [-0.1, -0.05) is 24.3 Å². The molecule has 2 aliphatic heterocycles. The molecule has 8 aliphatic rings. The minimum absolute atomic E-state index is 0.164. The van der Waals surface area contributed by atoms with Crippen LogP contribution in [0.4, 0.5) is 0 Å². The zero-order valence-corrected chi connectivity index (χ0v) is 21.4. The van der Waals surface area contributed by atoms with E-state index in [1.54, 1.807) is 0 Å². The first kappa shape index (κ1) is 23.0. The topological polar surface area (TPSA) is 111 Å². The van der Waals surface area contributed by atoms with Crippen LogP contribution in [0.25, 0.3) is 0 Å². The average molecular weight is 506 g/mol. The summed E-state index contributed by atoms with van der Waals surface area (Å²) >= 11 is 0. The monoisotopic (exact) mass is 505 g/mol. The third-order valence-corrected chi connectivity index (χ3v) is 12.7. The first-order chi connectivity index (χ1) is 18.0. The molecule has 0 radical (unpaired) electrons. The number of nitrogens with one attached hydrogen (secondary N) is 3. The van der Waals surface area contributed by atoms with E-state index in [9.17, 15) is 19.8 Å². The molecule has 0 aromatic heterocycles. The summed E-state index contributed by atoms with van der Waals surface area (Å²) in [5.41, 5.74) is 3.19. The van der Waals surface area contributed by atoms with Crippen LogP contribution in [0.2, 0.25) is 0 Å². The van der Waals surface area contributed by atoms with Gasteiger partial charge in [0.2, 0.25) is 0 Å². The maximum atomic E-state index is 12.2. The first-order valence-electron chi connectivity index (χ1n) is 14.6. The van der Waals surface area contributed by atoms with E-state index in [0.29, 0.717) is 23.2 Å². The summed E-state index contributed by atoms with van der Waals surface area (Å²) in [6.45, 7) is 5.45. The number of benzene rings is 1. The molecule has 1 aromatic carbocycles. The zero-order valence-electron chi connectivity index (χ0n) is 21.4. The Hall–Kier alpha value is -1.96. The van der Waals surface area contributed by atoms with Crippen molar-refractivity contribution >= 4 is 11.9 Å². The minimum Gasteiger partial charge on any atom is -0.481 e. The lowest BCUT2D eigenvalue weighted by Gasteiger charge is -3.12. The molecule has 0 spiro atoms. The van der Waals surface area contributed by atoms with Gasteiger partial charge in [0.25, 0.3) is 0 Å². The van der Waals surface area contributed by atoms with E-state index in [2.05, 4.69) is 40.2 Å². The van der Waals surface area contributed by atoms with Gasteiger partial charge < -0.3 is 26.2 Å². The number of carboxylic acid groups (broad SMARTS) is 2. The van der Waals surface area contributed by atoms with Gasteiger partial charge in [-0.25, -0.2) is 0 Å². The molecule has 1 aromatic rings. The van der Waals surface area contributed by atoms with Crippen LogP contribution in [-0.2, 0) is 22.6 Å². The molecule has 37 heavy (non-hydrogen) atoms. The third kappa shape index (κ3) is 2.69. The van der Waals surface area contributed by atoms with Crippen LogP contribution >= 0.6 is 0 Å². The molecule has 8 atom stereocenters. The molecule has 6 aliphatic carbocycles. The second-order valence-electron chi connectivity index (χ2n) is 13.6. The highest BCUT2D eigenvalue weighted by Crippen LogP contribution is 3.11. The molecular formula is C30H39N3O4. The summed E-state index contributed by atoms with van der Waals surface area (Å²) in [6, 6.07) is 8.49. The molecule has 2 saturated heterocycles. The van der Waals surface area contributed by atoms with Gasteiger partial charge >= 0.3 is 11.9 Å². The van der Waals surface area contributed by atoms with E-state index < -0.39 is 11.9 Å². The Kier molecular flexibility index (Phi) is 4.84. The van der Waals surface area contributed by atoms with E-state index >= 15 is 0 Å². The van der Waals surface area contributed by atoms with Crippen LogP contribution in [0.15, 0.2) is 24.3 Å². The van der Waals surface area contributed by atoms with Gasteiger partial charge in [0.15, 0.2) is 0 Å². The van der Waals surface area contributed by atoms with Crippen molar-refractivity contribution in [3.05, 3.63) is 35.4 Å². The lowest BCUT2D eigenvalue weighted by atomic mass is 8.92. The second kappa shape index (κ2) is 7.80. The van der Waals surface area contributed by atoms with Gasteiger partial charge in [0.05, 0.1) is 11.8 Å². The standard InChI is InChI=1S/C30H39N3O4/c34-27(35)19(17-4-6-31-12-17)9-15-2-1-3-16(8-15)11-33-14-30-24-21-23-22(24)26(30)29(23,25(21)30)10-20(28(36)37)18-5-7-32-13-18/h1-3,8,17-26,31-33H,4-7,9-14H2,(H,34,35)(H,36,37)/t17-,18-,19-,20-,21?,22?,23?,24?,25?,26?,29?,30?/m0/s1. The summed E-state index contributed by atoms with van der Waals surface area (Å²) in [7, 11) is 0. The van der Waals surface area contributed by atoms with E-state index in [0.717, 1.165) is 99.6 Å². The SMILES string of the molecule is O=C(O)[C@@H](Cc1cccc(CNCC23C4C5C6C4C2C6(C[C@H](C(=O)O)[C@H]2CCNC2)C53)c1)[C@H]1CCNC1. The Morgan fingerprint density at radius 3 is 2.16 bits per heavy atom. The van der Waals surface area contributed by atoms with Gasteiger partial charge in [0.1, 0.15) is 0 Å². The highest BCUT2D eigenvalue weighted by molar-refractivity contribution is 5.72. The summed E-state index contributed by atoms with van der Waals surface area (Å²) in [4.78, 5) is 24.1. The van der Waals surface area contributed by atoms with Crippen molar-refractivity contribution in [2.45, 2.75) is 32.2 Å².